The predicted octanol–water partition coefficient (Wildman–Crippen LogP) is 2.92. The fourth-order valence-corrected chi connectivity index (χ4v) is 2.62. The molecule has 0 fully saturated rings. The largest absolute Gasteiger partial charge is 0.398 e. The van der Waals surface area contributed by atoms with Crippen LogP contribution in [0.4, 0.5) is 5.69 Å². The number of hydrogen-bond acceptors (Lipinski definition) is 3. The summed E-state index contributed by atoms with van der Waals surface area (Å²) in [5.41, 5.74) is 7.58. The molecular weight excluding hydrogens is 256 g/mol. The standard InChI is InChI=1S/C15H18N2OS/c1-12-3-6-14(7-4-12)19-10-2-9-17-11-13(16)5-8-15(17)18/h3-8,11H,2,9-10,16H2,1H3. The molecule has 0 unspecified atom stereocenters. The van der Waals surface area contributed by atoms with Gasteiger partial charge in [-0.05, 0) is 37.3 Å². The van der Waals surface area contributed by atoms with Crippen LogP contribution in [0.5, 0.6) is 0 Å². The zero-order chi connectivity index (χ0) is 13.7. The maximum absolute atomic E-state index is 11.6. The summed E-state index contributed by atoms with van der Waals surface area (Å²) in [6.45, 7) is 2.80. The van der Waals surface area contributed by atoms with Crippen LogP contribution in [0.1, 0.15) is 12.0 Å². The van der Waals surface area contributed by atoms with Crippen molar-refractivity contribution >= 4 is 17.4 Å². The molecule has 0 radical (unpaired) electrons. The molecule has 0 spiro atoms. The van der Waals surface area contributed by atoms with Gasteiger partial charge in [-0.3, -0.25) is 4.79 Å². The lowest BCUT2D eigenvalue weighted by atomic mass is 10.2. The van der Waals surface area contributed by atoms with Crippen LogP contribution in [-0.2, 0) is 6.54 Å². The highest BCUT2D eigenvalue weighted by Gasteiger charge is 1.98. The van der Waals surface area contributed by atoms with Crippen molar-refractivity contribution in [3.05, 3.63) is 58.5 Å². The Kier molecular flexibility index (Phi) is 4.68. The second-order valence-electron chi connectivity index (χ2n) is 4.51. The summed E-state index contributed by atoms with van der Waals surface area (Å²) < 4.78 is 1.67. The minimum Gasteiger partial charge on any atom is -0.398 e. The Morgan fingerprint density at radius 2 is 1.89 bits per heavy atom. The summed E-state index contributed by atoms with van der Waals surface area (Å²) in [5, 5.41) is 0. The number of aryl methyl sites for hydroxylation is 2. The van der Waals surface area contributed by atoms with Gasteiger partial charge in [-0.2, -0.15) is 0 Å². The lowest BCUT2D eigenvalue weighted by Gasteiger charge is -2.06. The molecule has 2 aromatic rings. The molecule has 19 heavy (non-hydrogen) atoms. The van der Waals surface area contributed by atoms with Crippen LogP contribution < -0.4 is 11.3 Å². The molecule has 0 aliphatic heterocycles. The summed E-state index contributed by atoms with van der Waals surface area (Å²) in [5.74, 6) is 0.990. The minimum absolute atomic E-state index is 0.00883. The van der Waals surface area contributed by atoms with E-state index >= 15 is 0 Å². The molecule has 2 N–H and O–H groups in total. The Morgan fingerprint density at radius 1 is 1.16 bits per heavy atom. The van der Waals surface area contributed by atoms with Gasteiger partial charge in [0.2, 0.25) is 0 Å². The number of hydrogen-bond donors (Lipinski definition) is 1. The lowest BCUT2D eigenvalue weighted by Crippen LogP contribution is -2.19. The normalized spacial score (nSPS) is 10.6. The number of anilines is 1. The molecule has 0 saturated heterocycles. The van der Waals surface area contributed by atoms with Gasteiger partial charge in [0.15, 0.2) is 0 Å². The van der Waals surface area contributed by atoms with Crippen molar-refractivity contribution < 1.29 is 0 Å². The maximum Gasteiger partial charge on any atom is 0.250 e. The SMILES string of the molecule is Cc1ccc(SCCCn2cc(N)ccc2=O)cc1. The fraction of sp³-hybridized carbons (Fsp3) is 0.267. The van der Waals surface area contributed by atoms with E-state index in [4.69, 9.17) is 5.73 Å². The number of rotatable bonds is 5. The Hall–Kier alpha value is -1.68. The highest BCUT2D eigenvalue weighted by molar-refractivity contribution is 7.99. The highest BCUT2D eigenvalue weighted by atomic mass is 32.2. The van der Waals surface area contributed by atoms with Crippen molar-refractivity contribution in [2.24, 2.45) is 0 Å². The van der Waals surface area contributed by atoms with Crippen molar-refractivity contribution in [1.29, 1.82) is 0 Å². The molecule has 1 heterocycles. The van der Waals surface area contributed by atoms with E-state index in [-0.39, 0.29) is 5.56 Å². The van der Waals surface area contributed by atoms with Crippen molar-refractivity contribution in [3.63, 3.8) is 0 Å². The van der Waals surface area contributed by atoms with E-state index in [2.05, 4.69) is 31.2 Å². The van der Waals surface area contributed by atoms with Crippen LogP contribution in [0.25, 0.3) is 0 Å². The average Bonchev–Trinajstić information content (AvgIpc) is 2.40. The summed E-state index contributed by atoms with van der Waals surface area (Å²) in [4.78, 5) is 12.8. The Bertz CT molecular complexity index is 590. The maximum atomic E-state index is 11.6. The van der Waals surface area contributed by atoms with Crippen molar-refractivity contribution in [2.45, 2.75) is 24.8 Å². The summed E-state index contributed by atoms with van der Waals surface area (Å²) in [6.07, 6.45) is 2.65. The van der Waals surface area contributed by atoms with Crippen LogP contribution >= 0.6 is 11.8 Å². The van der Waals surface area contributed by atoms with Crippen molar-refractivity contribution in [1.82, 2.24) is 4.57 Å². The molecule has 4 heteroatoms. The van der Waals surface area contributed by atoms with Gasteiger partial charge in [-0.1, -0.05) is 17.7 Å². The average molecular weight is 274 g/mol. The van der Waals surface area contributed by atoms with Crippen LogP contribution in [-0.4, -0.2) is 10.3 Å². The van der Waals surface area contributed by atoms with E-state index in [1.54, 1.807) is 16.8 Å². The first kappa shape index (κ1) is 13.7. The summed E-state index contributed by atoms with van der Waals surface area (Å²) >= 11 is 1.81. The van der Waals surface area contributed by atoms with Gasteiger partial charge >= 0.3 is 0 Å². The van der Waals surface area contributed by atoms with E-state index < -0.39 is 0 Å². The molecule has 100 valence electrons. The Labute approximate surface area is 117 Å². The number of aromatic nitrogens is 1. The molecule has 0 aliphatic carbocycles. The Balaban J connectivity index is 1.82. The molecule has 0 saturated carbocycles. The van der Waals surface area contributed by atoms with Gasteiger partial charge in [0, 0.05) is 29.4 Å². The number of nitrogens with two attached hydrogens (primary N) is 1. The number of nitrogen functional groups attached to an aromatic ring is 1. The van der Waals surface area contributed by atoms with Crippen LogP contribution in [0, 0.1) is 6.92 Å². The first-order valence-electron chi connectivity index (χ1n) is 6.30. The molecule has 1 aromatic carbocycles. The second-order valence-corrected chi connectivity index (χ2v) is 5.68. The summed E-state index contributed by atoms with van der Waals surface area (Å²) in [7, 11) is 0. The van der Waals surface area contributed by atoms with Gasteiger partial charge in [0.25, 0.3) is 5.56 Å². The van der Waals surface area contributed by atoms with E-state index in [1.165, 1.54) is 16.5 Å². The molecule has 0 aliphatic rings. The van der Waals surface area contributed by atoms with E-state index in [0.717, 1.165) is 12.2 Å². The number of nitrogens with zero attached hydrogens (tertiary/aromatic N) is 1. The molecule has 1 aromatic heterocycles. The van der Waals surface area contributed by atoms with Crippen LogP contribution in [0.2, 0.25) is 0 Å². The Morgan fingerprint density at radius 3 is 2.63 bits per heavy atom. The molecule has 2 rings (SSSR count). The monoisotopic (exact) mass is 274 g/mol. The molecule has 0 bridgehead atoms. The van der Waals surface area contributed by atoms with Gasteiger partial charge in [0.05, 0.1) is 0 Å². The van der Waals surface area contributed by atoms with Crippen molar-refractivity contribution in [3.8, 4) is 0 Å². The van der Waals surface area contributed by atoms with E-state index in [0.29, 0.717) is 12.2 Å². The van der Waals surface area contributed by atoms with E-state index in [9.17, 15) is 4.79 Å². The first-order chi connectivity index (χ1) is 9.15. The van der Waals surface area contributed by atoms with Crippen LogP contribution in [0.3, 0.4) is 0 Å². The number of benzene rings is 1. The third kappa shape index (κ3) is 4.17. The molecule has 0 amide bonds. The lowest BCUT2D eigenvalue weighted by molar-refractivity contribution is 0.660. The minimum atomic E-state index is 0.00883. The molecule has 0 atom stereocenters. The third-order valence-electron chi connectivity index (χ3n) is 2.84. The summed E-state index contributed by atoms with van der Waals surface area (Å²) in [6, 6.07) is 11.6. The number of pyridine rings is 1. The van der Waals surface area contributed by atoms with E-state index in [1.807, 2.05) is 11.8 Å². The second kappa shape index (κ2) is 6.48. The first-order valence-corrected chi connectivity index (χ1v) is 7.29. The van der Waals surface area contributed by atoms with Crippen LogP contribution in [0.15, 0.2) is 52.3 Å². The zero-order valence-electron chi connectivity index (χ0n) is 11.0. The van der Waals surface area contributed by atoms with Gasteiger partial charge < -0.3 is 10.3 Å². The van der Waals surface area contributed by atoms with Gasteiger partial charge in [0.1, 0.15) is 0 Å². The quantitative estimate of drug-likeness (QED) is 0.673. The number of thioether (sulfide) groups is 1. The van der Waals surface area contributed by atoms with Crippen molar-refractivity contribution in [2.75, 3.05) is 11.5 Å². The predicted molar refractivity (Wildman–Crippen MR) is 81.6 cm³/mol. The smallest absolute Gasteiger partial charge is 0.250 e. The van der Waals surface area contributed by atoms with Gasteiger partial charge in [-0.15, -0.1) is 11.8 Å². The van der Waals surface area contributed by atoms with Gasteiger partial charge in [-0.25, -0.2) is 0 Å². The zero-order valence-corrected chi connectivity index (χ0v) is 11.8. The molecular formula is C15H18N2OS. The molecule has 3 nitrogen and oxygen atoms in total. The topological polar surface area (TPSA) is 48.0 Å². The highest BCUT2D eigenvalue weighted by Crippen LogP contribution is 2.19. The fourth-order valence-electron chi connectivity index (χ4n) is 1.78. The third-order valence-corrected chi connectivity index (χ3v) is 3.94.